The minimum absolute atomic E-state index is 0.0264. The molecule has 0 bridgehead atoms. The Morgan fingerprint density at radius 3 is 2.60 bits per heavy atom. The minimum atomic E-state index is -4.70. The van der Waals surface area contributed by atoms with Crippen LogP contribution >= 0.6 is 7.75 Å². The number of para-hydroxylation sites is 1. The molecule has 1 saturated heterocycles. The van der Waals surface area contributed by atoms with Gasteiger partial charge < -0.3 is 29.6 Å². The summed E-state index contributed by atoms with van der Waals surface area (Å²) in [6.07, 6.45) is 1.20. The molecule has 2 saturated carbocycles. The summed E-state index contributed by atoms with van der Waals surface area (Å²) in [5.41, 5.74) is 0.00209. The maximum Gasteiger partial charge on any atom is 0.460 e. The molecule has 3 heterocycles. The van der Waals surface area contributed by atoms with Crippen LogP contribution < -0.4 is 20.1 Å². The Hall–Kier alpha value is -3.43. The number of esters is 1. The van der Waals surface area contributed by atoms with Gasteiger partial charge in [-0.2, -0.15) is 15.1 Å². The van der Waals surface area contributed by atoms with Gasteiger partial charge in [-0.05, 0) is 58.6 Å². The van der Waals surface area contributed by atoms with Crippen molar-refractivity contribution in [2.45, 2.75) is 94.5 Å². The van der Waals surface area contributed by atoms with E-state index in [0.717, 1.165) is 37.1 Å². The number of nitrogen functional groups attached to an aromatic ring is 1. The molecule has 6 rings (SSSR count). The van der Waals surface area contributed by atoms with E-state index in [1.54, 1.807) is 25.1 Å². The number of carbonyl (C=O) groups excluding carboxylic acids is 1. The number of aromatic nitrogens is 4. The van der Waals surface area contributed by atoms with Crippen LogP contribution in [0.5, 0.6) is 11.6 Å². The molecule has 3 aliphatic rings. The lowest BCUT2D eigenvalue weighted by molar-refractivity contribution is -0.157. The van der Waals surface area contributed by atoms with Crippen LogP contribution in [0.1, 0.15) is 59.1 Å². The van der Waals surface area contributed by atoms with E-state index in [0.29, 0.717) is 12.8 Å². The Labute approximate surface area is 257 Å². The van der Waals surface area contributed by atoms with Crippen molar-refractivity contribution in [3.05, 3.63) is 36.7 Å². The Morgan fingerprint density at radius 1 is 1.24 bits per heavy atom. The molecule has 3 unspecified atom stereocenters. The van der Waals surface area contributed by atoms with Gasteiger partial charge in [0, 0.05) is 0 Å². The zero-order chi connectivity index (χ0) is 32.2. The lowest BCUT2D eigenvalue weighted by atomic mass is 9.97. The zero-order valence-electron chi connectivity index (χ0n) is 24.9. The Kier molecular flexibility index (Phi) is 8.01. The fourth-order valence-electron chi connectivity index (χ4n) is 5.93. The van der Waals surface area contributed by atoms with E-state index in [4.69, 9.17) is 29.0 Å². The van der Waals surface area contributed by atoms with Crippen molar-refractivity contribution in [2.75, 3.05) is 12.3 Å². The molecule has 0 spiro atoms. The van der Waals surface area contributed by atoms with Crippen LogP contribution in [0.25, 0.3) is 11.2 Å². The van der Waals surface area contributed by atoms with Crippen molar-refractivity contribution >= 4 is 30.8 Å². The monoisotopic (exact) mass is 652 g/mol. The number of nitrogens with two attached hydrogens (primary N) is 1. The first-order valence-corrected chi connectivity index (χ1v) is 16.3. The van der Waals surface area contributed by atoms with Crippen LogP contribution in [0.15, 0.2) is 36.7 Å². The molecule has 1 aromatic carbocycles. The number of alkyl halides is 2. The van der Waals surface area contributed by atoms with E-state index in [1.165, 1.54) is 19.1 Å². The number of halogens is 2. The number of benzene rings is 1. The number of nitrogens with zero attached hydrogens (tertiary/aromatic N) is 4. The summed E-state index contributed by atoms with van der Waals surface area (Å²) in [5, 5.41) is 13.9. The second-order valence-electron chi connectivity index (χ2n) is 11.5. The smallest absolute Gasteiger partial charge is 0.460 e. The van der Waals surface area contributed by atoms with Crippen molar-refractivity contribution in [3.8, 4) is 11.6 Å². The first-order chi connectivity index (χ1) is 21.3. The molecule has 7 atom stereocenters. The molecule has 2 aromatic heterocycles. The second-order valence-corrected chi connectivity index (χ2v) is 13.2. The van der Waals surface area contributed by atoms with Crippen LogP contribution in [0, 0.1) is 0 Å². The van der Waals surface area contributed by atoms with Gasteiger partial charge in [-0.25, -0.2) is 18.3 Å². The molecule has 0 radical (unpaired) electrons. The number of fused-ring (bicyclic) bond motifs is 2. The van der Waals surface area contributed by atoms with E-state index >= 15 is 8.78 Å². The average molecular weight is 653 g/mol. The SMILES string of the molecule is CCOc1nc(N)nc2c1ncn2[C@@H]1OC2(F)[C@@H](OP(=O)(NC(C)C(=O)OC3CCCCC3)Oc3ccccc3)[C@]2(O)[C@@]1(C)F. The highest BCUT2D eigenvalue weighted by atomic mass is 31.2. The number of carbonyl (C=O) groups is 1. The van der Waals surface area contributed by atoms with Crippen molar-refractivity contribution in [3.63, 3.8) is 0 Å². The summed E-state index contributed by atoms with van der Waals surface area (Å²) in [4.78, 5) is 25.1. The highest BCUT2D eigenvalue weighted by Gasteiger charge is 2.96. The molecule has 45 heavy (non-hydrogen) atoms. The fraction of sp³-hybridized carbons (Fsp3) is 0.571. The maximum absolute atomic E-state index is 16.6. The van der Waals surface area contributed by atoms with E-state index < -0.39 is 49.2 Å². The van der Waals surface area contributed by atoms with Crippen LogP contribution in [0.2, 0.25) is 0 Å². The van der Waals surface area contributed by atoms with Crippen molar-refractivity contribution in [1.29, 1.82) is 0 Å². The molecule has 1 aliphatic heterocycles. The van der Waals surface area contributed by atoms with Crippen LogP contribution in [0.4, 0.5) is 14.7 Å². The van der Waals surface area contributed by atoms with E-state index in [-0.39, 0.29) is 41.5 Å². The highest BCUT2D eigenvalue weighted by molar-refractivity contribution is 7.52. The van der Waals surface area contributed by atoms with Gasteiger partial charge in [-0.15, -0.1) is 0 Å². The predicted molar refractivity (Wildman–Crippen MR) is 154 cm³/mol. The van der Waals surface area contributed by atoms with Crippen LogP contribution in [-0.2, 0) is 23.4 Å². The highest BCUT2D eigenvalue weighted by Crippen LogP contribution is 2.73. The van der Waals surface area contributed by atoms with Gasteiger partial charge in [0.25, 0.3) is 5.85 Å². The predicted octanol–water partition coefficient (Wildman–Crippen LogP) is 3.90. The summed E-state index contributed by atoms with van der Waals surface area (Å²) in [7, 11) is -4.70. The number of aliphatic hydroxyl groups is 1. The molecular weight excluding hydrogens is 617 g/mol. The fourth-order valence-corrected chi connectivity index (χ4v) is 7.63. The molecule has 0 amide bonds. The number of ether oxygens (including phenoxy) is 3. The normalized spacial score (nSPS) is 31.6. The molecular formula is C28H35F2N6O8P. The third-order valence-electron chi connectivity index (χ3n) is 8.34. The lowest BCUT2D eigenvalue weighted by Gasteiger charge is -2.31. The first-order valence-electron chi connectivity index (χ1n) is 14.7. The Bertz CT molecular complexity index is 1630. The number of hydrogen-bond donors (Lipinski definition) is 3. The maximum atomic E-state index is 16.6. The number of imidazole rings is 1. The molecule has 4 N–H and O–H groups in total. The summed E-state index contributed by atoms with van der Waals surface area (Å²) < 4.78 is 75.7. The first kappa shape index (κ1) is 31.5. The van der Waals surface area contributed by atoms with Crippen molar-refractivity contribution < 1.29 is 46.5 Å². The van der Waals surface area contributed by atoms with Gasteiger partial charge in [0.2, 0.25) is 11.8 Å². The lowest BCUT2D eigenvalue weighted by Crippen LogP contribution is -2.45. The summed E-state index contributed by atoms with van der Waals surface area (Å²) in [5.74, 6) is -4.06. The van der Waals surface area contributed by atoms with E-state index in [2.05, 4.69) is 20.0 Å². The zero-order valence-corrected chi connectivity index (χ0v) is 25.8. The standard InChI is InChI=1S/C28H35F2N6O8P/c1-4-40-21-19-20(33-25(31)34-21)36(15-32-19)24-26(3,29)27(38)23(28(27,30)42-24)44-45(39,43-18-13-9-6-10-14-18)35-16(2)22(37)41-17-11-7-5-8-12-17/h6,9-10,13-17,23-24,38H,4-5,7-8,11-12H2,1-3H3,(H,35,39)(H2,31,33,34)/t16?,23-,24+,26-,27-,28?,45?/m0/s1. The summed E-state index contributed by atoms with van der Waals surface area (Å²) in [6, 6.07) is 6.53. The topological polar surface area (TPSA) is 182 Å². The number of anilines is 1. The van der Waals surface area contributed by atoms with Gasteiger partial charge >= 0.3 is 13.7 Å². The van der Waals surface area contributed by atoms with Gasteiger partial charge in [0.15, 0.2) is 34.8 Å². The number of nitrogens with one attached hydrogen (secondary N) is 1. The van der Waals surface area contributed by atoms with E-state index in [1.807, 2.05) is 0 Å². The minimum Gasteiger partial charge on any atom is -0.476 e. The number of hydrogen-bond acceptors (Lipinski definition) is 12. The van der Waals surface area contributed by atoms with Gasteiger partial charge in [0.05, 0.1) is 12.9 Å². The largest absolute Gasteiger partial charge is 0.476 e. The van der Waals surface area contributed by atoms with Crippen LogP contribution in [-0.4, -0.2) is 72.6 Å². The van der Waals surface area contributed by atoms with Crippen LogP contribution in [0.3, 0.4) is 0 Å². The second kappa shape index (κ2) is 11.4. The van der Waals surface area contributed by atoms with Gasteiger partial charge in [-0.1, -0.05) is 24.6 Å². The molecule has 3 fully saturated rings. The third kappa shape index (κ3) is 5.31. The quantitative estimate of drug-likeness (QED) is 0.201. The third-order valence-corrected chi connectivity index (χ3v) is 9.98. The molecule has 17 heteroatoms. The number of rotatable bonds is 11. The van der Waals surface area contributed by atoms with Gasteiger partial charge in [-0.3, -0.25) is 13.9 Å². The molecule has 2 aliphatic carbocycles. The van der Waals surface area contributed by atoms with E-state index in [9.17, 15) is 14.5 Å². The average Bonchev–Trinajstić information content (AvgIpc) is 3.23. The Balaban J connectivity index is 1.25. The summed E-state index contributed by atoms with van der Waals surface area (Å²) >= 11 is 0. The molecule has 244 valence electrons. The van der Waals surface area contributed by atoms with Crippen molar-refractivity contribution in [1.82, 2.24) is 24.6 Å². The molecule has 14 nitrogen and oxygen atoms in total. The van der Waals surface area contributed by atoms with Gasteiger partial charge in [0.1, 0.15) is 17.9 Å². The van der Waals surface area contributed by atoms with Crippen molar-refractivity contribution in [2.24, 2.45) is 0 Å². The Morgan fingerprint density at radius 2 is 1.96 bits per heavy atom. The molecule has 3 aromatic rings. The summed E-state index contributed by atoms with van der Waals surface area (Å²) in [6.45, 7) is 4.22.